The quantitative estimate of drug-likeness (QED) is 0.721. The molecule has 5 nitrogen and oxygen atoms in total. The Morgan fingerprint density at radius 1 is 0.815 bits per heavy atom. The lowest BCUT2D eigenvalue weighted by atomic mass is 9.90. The largest absolute Gasteiger partial charge is 0.274 e. The minimum absolute atomic E-state index is 0.122. The molecule has 3 heterocycles. The van der Waals surface area contributed by atoms with Crippen molar-refractivity contribution in [2.75, 3.05) is 18.0 Å². The molecule has 0 aromatic heterocycles. The fraction of sp³-hybridized carbons (Fsp3) is 0.300. The van der Waals surface area contributed by atoms with E-state index in [1.807, 2.05) is 30.3 Å². The highest BCUT2D eigenvalue weighted by atomic mass is 35.5. The molecule has 3 saturated heterocycles. The van der Waals surface area contributed by atoms with Crippen molar-refractivity contribution >= 4 is 40.7 Å². The van der Waals surface area contributed by atoms with E-state index < -0.39 is 12.0 Å². The summed E-state index contributed by atoms with van der Waals surface area (Å²) in [6, 6.07) is 14.3. The van der Waals surface area contributed by atoms with Gasteiger partial charge in [0.15, 0.2) is 0 Å². The van der Waals surface area contributed by atoms with Gasteiger partial charge in [-0.05, 0) is 30.2 Å². The lowest BCUT2D eigenvalue weighted by Gasteiger charge is -2.29. The number of hydrogen-bond acceptors (Lipinski definition) is 4. The zero-order chi connectivity index (χ0) is 18.7. The smallest absolute Gasteiger partial charge is 0.253 e. The lowest BCUT2D eigenvalue weighted by molar-refractivity contribution is -0.126. The molecule has 0 saturated carbocycles. The van der Waals surface area contributed by atoms with Crippen molar-refractivity contribution in [2.24, 2.45) is 5.92 Å². The summed E-state index contributed by atoms with van der Waals surface area (Å²) in [6.07, 6.45) is 0.987. The number of carbonyl (C=O) groups is 2. The van der Waals surface area contributed by atoms with Crippen LogP contribution in [-0.4, -0.2) is 41.0 Å². The molecule has 0 bridgehead atoms. The van der Waals surface area contributed by atoms with Gasteiger partial charge < -0.3 is 0 Å². The van der Waals surface area contributed by atoms with E-state index in [1.165, 1.54) is 4.90 Å². The summed E-state index contributed by atoms with van der Waals surface area (Å²) in [6.45, 7) is 1.65. The fourth-order valence-corrected chi connectivity index (χ4v) is 4.93. The number of anilines is 1. The van der Waals surface area contributed by atoms with E-state index in [2.05, 4.69) is 10.0 Å². The van der Waals surface area contributed by atoms with E-state index in [0.29, 0.717) is 15.7 Å². The molecular formula is C20H17Cl2N3O2. The number of hydrazine groups is 1. The number of imide groups is 1. The second kappa shape index (κ2) is 6.31. The Balaban J connectivity index is 1.59. The van der Waals surface area contributed by atoms with Crippen LogP contribution in [0.1, 0.15) is 18.0 Å². The number of hydrogen-bond donors (Lipinski definition) is 0. The van der Waals surface area contributed by atoms with E-state index in [4.69, 9.17) is 23.2 Å². The van der Waals surface area contributed by atoms with E-state index in [9.17, 15) is 9.59 Å². The van der Waals surface area contributed by atoms with Gasteiger partial charge in [0.1, 0.15) is 6.04 Å². The minimum Gasteiger partial charge on any atom is -0.274 e. The molecular weight excluding hydrogens is 385 g/mol. The van der Waals surface area contributed by atoms with Gasteiger partial charge in [0.05, 0.1) is 27.7 Å². The number of rotatable bonds is 2. The highest BCUT2D eigenvalue weighted by Gasteiger charge is 2.62. The van der Waals surface area contributed by atoms with E-state index in [-0.39, 0.29) is 17.9 Å². The predicted molar refractivity (Wildman–Crippen MR) is 103 cm³/mol. The molecule has 0 N–H and O–H groups in total. The van der Waals surface area contributed by atoms with Gasteiger partial charge in [-0.25, -0.2) is 14.9 Å². The van der Waals surface area contributed by atoms with Gasteiger partial charge >= 0.3 is 0 Å². The fourth-order valence-electron chi connectivity index (χ4n) is 4.64. The molecule has 2 aromatic carbocycles. The molecule has 3 unspecified atom stereocenters. The van der Waals surface area contributed by atoms with Crippen molar-refractivity contribution in [1.82, 2.24) is 10.0 Å². The van der Waals surface area contributed by atoms with Crippen molar-refractivity contribution < 1.29 is 9.59 Å². The molecule has 7 heteroatoms. The third kappa shape index (κ3) is 2.46. The molecule has 5 rings (SSSR count). The van der Waals surface area contributed by atoms with Crippen molar-refractivity contribution in [3.05, 3.63) is 64.1 Å². The molecule has 0 spiro atoms. The molecule has 3 aliphatic rings. The van der Waals surface area contributed by atoms with Crippen LogP contribution in [0.5, 0.6) is 0 Å². The van der Waals surface area contributed by atoms with Gasteiger partial charge in [-0.1, -0.05) is 53.5 Å². The molecule has 2 amide bonds. The average Bonchev–Trinajstić information content (AvgIpc) is 3.31. The number of fused-ring (bicyclic) bond motifs is 3. The monoisotopic (exact) mass is 401 g/mol. The average molecular weight is 402 g/mol. The summed E-state index contributed by atoms with van der Waals surface area (Å²) in [5.41, 5.74) is 1.54. The van der Waals surface area contributed by atoms with Gasteiger partial charge in [-0.2, -0.15) is 0 Å². The Bertz CT molecular complexity index is 936. The maximum absolute atomic E-state index is 13.4. The van der Waals surface area contributed by atoms with Gasteiger partial charge in [0.25, 0.3) is 5.91 Å². The molecule has 0 aliphatic carbocycles. The lowest BCUT2D eigenvalue weighted by Crippen LogP contribution is -2.44. The first-order valence-corrected chi connectivity index (χ1v) is 9.74. The third-order valence-corrected chi connectivity index (χ3v) is 6.45. The van der Waals surface area contributed by atoms with Crippen LogP contribution in [0.4, 0.5) is 5.69 Å². The first-order valence-electron chi connectivity index (χ1n) is 8.99. The Labute approximate surface area is 167 Å². The Hall–Kier alpha value is -1.92. The minimum atomic E-state index is -0.459. The van der Waals surface area contributed by atoms with Gasteiger partial charge in [-0.15, -0.1) is 0 Å². The first kappa shape index (κ1) is 17.2. The Kier molecular flexibility index (Phi) is 4.02. The number of halogens is 2. The zero-order valence-corrected chi connectivity index (χ0v) is 15.9. The Morgan fingerprint density at radius 3 is 2.22 bits per heavy atom. The van der Waals surface area contributed by atoms with Gasteiger partial charge in [0.2, 0.25) is 5.91 Å². The summed E-state index contributed by atoms with van der Waals surface area (Å²) in [4.78, 5) is 27.9. The molecule has 2 aromatic rings. The van der Waals surface area contributed by atoms with Crippen molar-refractivity contribution in [2.45, 2.75) is 18.5 Å². The first-order chi connectivity index (χ1) is 13.1. The predicted octanol–water partition coefficient (Wildman–Crippen LogP) is 3.53. The summed E-state index contributed by atoms with van der Waals surface area (Å²) in [7, 11) is 0. The summed E-state index contributed by atoms with van der Waals surface area (Å²) < 4.78 is 0. The van der Waals surface area contributed by atoms with E-state index >= 15 is 0 Å². The molecule has 138 valence electrons. The van der Waals surface area contributed by atoms with Crippen LogP contribution >= 0.6 is 23.2 Å². The molecule has 3 atom stereocenters. The van der Waals surface area contributed by atoms with Crippen LogP contribution in [-0.2, 0) is 9.59 Å². The SMILES string of the molecule is O=C1C2C(C(=O)N1c1ccc(Cl)c(Cl)c1)N1CCCN1C2c1ccccc1. The standard InChI is InChI=1S/C20H17Cl2N3O2/c21-14-8-7-13(11-15(14)22)25-19(26)16-17(12-5-2-1-3-6-12)23-9-4-10-24(23)18(16)20(25)27/h1-3,5-8,11,16-18H,4,9-10H2. The second-order valence-corrected chi connectivity index (χ2v) is 7.93. The highest BCUT2D eigenvalue weighted by molar-refractivity contribution is 6.42. The van der Waals surface area contributed by atoms with Gasteiger partial charge in [0, 0.05) is 13.1 Å². The highest BCUT2D eigenvalue weighted by Crippen LogP contribution is 2.49. The van der Waals surface area contributed by atoms with Crippen LogP contribution in [0.25, 0.3) is 0 Å². The number of carbonyl (C=O) groups excluding carboxylic acids is 2. The van der Waals surface area contributed by atoms with Crippen LogP contribution < -0.4 is 4.90 Å². The molecule has 0 radical (unpaired) electrons. The summed E-state index contributed by atoms with van der Waals surface area (Å²) in [5, 5.41) is 5.01. The van der Waals surface area contributed by atoms with E-state index in [0.717, 1.165) is 25.1 Å². The topological polar surface area (TPSA) is 43.9 Å². The summed E-state index contributed by atoms with van der Waals surface area (Å²) >= 11 is 12.1. The summed E-state index contributed by atoms with van der Waals surface area (Å²) in [5.74, 6) is -0.782. The third-order valence-electron chi connectivity index (χ3n) is 5.71. The Morgan fingerprint density at radius 2 is 1.52 bits per heavy atom. The van der Waals surface area contributed by atoms with Crippen molar-refractivity contribution in [3.8, 4) is 0 Å². The number of nitrogens with zero attached hydrogens (tertiary/aromatic N) is 3. The molecule has 3 aliphatic heterocycles. The second-order valence-electron chi connectivity index (χ2n) is 7.12. The maximum Gasteiger partial charge on any atom is 0.253 e. The normalized spacial score (nSPS) is 28.1. The molecule has 3 fully saturated rings. The number of benzene rings is 2. The van der Waals surface area contributed by atoms with Crippen LogP contribution in [0.3, 0.4) is 0 Å². The van der Waals surface area contributed by atoms with Gasteiger partial charge in [-0.3, -0.25) is 9.59 Å². The van der Waals surface area contributed by atoms with Crippen LogP contribution in [0, 0.1) is 5.92 Å². The zero-order valence-electron chi connectivity index (χ0n) is 14.4. The van der Waals surface area contributed by atoms with Crippen LogP contribution in [0.15, 0.2) is 48.5 Å². The van der Waals surface area contributed by atoms with Crippen molar-refractivity contribution in [1.29, 1.82) is 0 Å². The van der Waals surface area contributed by atoms with Crippen LogP contribution in [0.2, 0.25) is 10.0 Å². The van der Waals surface area contributed by atoms with Crippen molar-refractivity contribution in [3.63, 3.8) is 0 Å². The molecule has 27 heavy (non-hydrogen) atoms. The number of amides is 2. The van der Waals surface area contributed by atoms with E-state index in [1.54, 1.807) is 18.2 Å². The maximum atomic E-state index is 13.4.